The molecule has 0 radical (unpaired) electrons. The summed E-state index contributed by atoms with van der Waals surface area (Å²) < 4.78 is 5.31. The highest BCUT2D eigenvalue weighted by molar-refractivity contribution is 5.65. The van der Waals surface area contributed by atoms with Crippen molar-refractivity contribution >= 4 is 5.82 Å². The molecule has 18 heavy (non-hydrogen) atoms. The standard InChI is InChI=1S/C15H18N2O/c16-15-10-14(18-17-15)13-9-5-4-8-12(13)11-6-2-1-3-7-11/h4-5,8-11H,1-3,6-7H2,(H2,16,17). The molecule has 3 heteroatoms. The third-order valence-corrected chi connectivity index (χ3v) is 3.80. The molecule has 1 saturated carbocycles. The lowest BCUT2D eigenvalue weighted by molar-refractivity contribution is 0.428. The Labute approximate surface area is 107 Å². The summed E-state index contributed by atoms with van der Waals surface area (Å²) in [5.41, 5.74) is 8.17. The van der Waals surface area contributed by atoms with Gasteiger partial charge in [-0.15, -0.1) is 0 Å². The van der Waals surface area contributed by atoms with Crippen LogP contribution >= 0.6 is 0 Å². The van der Waals surface area contributed by atoms with E-state index in [0.717, 1.165) is 11.3 Å². The van der Waals surface area contributed by atoms with Gasteiger partial charge in [0.25, 0.3) is 0 Å². The molecule has 1 aliphatic carbocycles. The summed E-state index contributed by atoms with van der Waals surface area (Å²) in [5, 5.41) is 3.78. The maximum atomic E-state index is 5.64. The fourth-order valence-corrected chi connectivity index (χ4v) is 2.91. The number of nitrogens with zero attached hydrogens (tertiary/aromatic N) is 1. The van der Waals surface area contributed by atoms with Gasteiger partial charge >= 0.3 is 0 Å². The van der Waals surface area contributed by atoms with E-state index in [1.165, 1.54) is 37.7 Å². The number of benzene rings is 1. The molecule has 0 bridgehead atoms. The number of nitrogens with two attached hydrogens (primary N) is 1. The SMILES string of the molecule is Nc1cc(-c2ccccc2C2CCCCC2)on1. The van der Waals surface area contributed by atoms with E-state index >= 15 is 0 Å². The Hall–Kier alpha value is -1.77. The Kier molecular flexibility index (Phi) is 3.05. The zero-order valence-corrected chi connectivity index (χ0v) is 10.4. The minimum absolute atomic E-state index is 0.448. The molecule has 94 valence electrons. The molecule has 1 aliphatic rings. The van der Waals surface area contributed by atoms with E-state index in [4.69, 9.17) is 10.3 Å². The van der Waals surface area contributed by atoms with Gasteiger partial charge in [-0.2, -0.15) is 0 Å². The largest absolute Gasteiger partial charge is 0.381 e. The van der Waals surface area contributed by atoms with Gasteiger partial charge in [-0.3, -0.25) is 0 Å². The average Bonchev–Trinajstić information content (AvgIpc) is 2.86. The van der Waals surface area contributed by atoms with E-state index in [1.54, 1.807) is 0 Å². The number of rotatable bonds is 2. The van der Waals surface area contributed by atoms with Gasteiger partial charge in [-0.25, -0.2) is 0 Å². The third-order valence-electron chi connectivity index (χ3n) is 3.80. The molecule has 1 fully saturated rings. The minimum atomic E-state index is 0.448. The highest BCUT2D eigenvalue weighted by Gasteiger charge is 2.20. The molecule has 0 unspecified atom stereocenters. The average molecular weight is 242 g/mol. The van der Waals surface area contributed by atoms with Gasteiger partial charge in [-0.1, -0.05) is 48.7 Å². The van der Waals surface area contributed by atoms with Crippen molar-refractivity contribution < 1.29 is 4.52 Å². The molecule has 2 aromatic rings. The zero-order chi connectivity index (χ0) is 12.4. The van der Waals surface area contributed by atoms with Crippen LogP contribution in [0.3, 0.4) is 0 Å². The van der Waals surface area contributed by atoms with Crippen LogP contribution in [0.5, 0.6) is 0 Å². The molecule has 0 spiro atoms. The second-order valence-electron chi connectivity index (χ2n) is 5.04. The van der Waals surface area contributed by atoms with Crippen molar-refractivity contribution in [1.29, 1.82) is 0 Å². The van der Waals surface area contributed by atoms with Crippen molar-refractivity contribution in [3.05, 3.63) is 35.9 Å². The van der Waals surface area contributed by atoms with Crippen LogP contribution in [-0.4, -0.2) is 5.16 Å². The normalized spacial score (nSPS) is 16.9. The van der Waals surface area contributed by atoms with E-state index in [9.17, 15) is 0 Å². The van der Waals surface area contributed by atoms with Gasteiger partial charge < -0.3 is 10.3 Å². The minimum Gasteiger partial charge on any atom is -0.381 e. The van der Waals surface area contributed by atoms with E-state index in [2.05, 4.69) is 23.4 Å². The smallest absolute Gasteiger partial charge is 0.169 e. The molecule has 3 rings (SSSR count). The van der Waals surface area contributed by atoms with E-state index < -0.39 is 0 Å². The summed E-state index contributed by atoms with van der Waals surface area (Å²) in [6.45, 7) is 0. The molecule has 1 aromatic heterocycles. The Morgan fingerprint density at radius 3 is 2.61 bits per heavy atom. The predicted octanol–water partition coefficient (Wildman–Crippen LogP) is 3.97. The first kappa shape index (κ1) is 11.3. The lowest BCUT2D eigenvalue weighted by atomic mass is 9.82. The van der Waals surface area contributed by atoms with Gasteiger partial charge in [0, 0.05) is 11.6 Å². The Morgan fingerprint density at radius 1 is 1.11 bits per heavy atom. The van der Waals surface area contributed by atoms with Crippen molar-refractivity contribution in [2.75, 3.05) is 5.73 Å². The van der Waals surface area contributed by atoms with Crippen molar-refractivity contribution in [3.63, 3.8) is 0 Å². The van der Waals surface area contributed by atoms with Crippen LogP contribution in [0.25, 0.3) is 11.3 Å². The summed E-state index contributed by atoms with van der Waals surface area (Å²) in [5.74, 6) is 1.89. The maximum Gasteiger partial charge on any atom is 0.169 e. The third kappa shape index (κ3) is 2.13. The fraction of sp³-hybridized carbons (Fsp3) is 0.400. The monoisotopic (exact) mass is 242 g/mol. The number of anilines is 1. The topological polar surface area (TPSA) is 52.0 Å². The van der Waals surface area contributed by atoms with Gasteiger partial charge in [0.2, 0.25) is 0 Å². The first-order chi connectivity index (χ1) is 8.84. The van der Waals surface area contributed by atoms with Crippen molar-refractivity contribution in [3.8, 4) is 11.3 Å². The van der Waals surface area contributed by atoms with Crippen LogP contribution in [0.1, 0.15) is 43.6 Å². The number of hydrogen-bond donors (Lipinski definition) is 1. The Bertz CT molecular complexity index is 527. The highest BCUT2D eigenvalue weighted by atomic mass is 16.5. The molecular formula is C15H18N2O. The van der Waals surface area contributed by atoms with Crippen LogP contribution in [0.2, 0.25) is 0 Å². The lowest BCUT2D eigenvalue weighted by Gasteiger charge is -2.23. The lowest BCUT2D eigenvalue weighted by Crippen LogP contribution is -2.05. The van der Waals surface area contributed by atoms with E-state index in [0.29, 0.717) is 11.7 Å². The molecule has 1 heterocycles. The summed E-state index contributed by atoms with van der Waals surface area (Å²) in [6.07, 6.45) is 6.59. The summed E-state index contributed by atoms with van der Waals surface area (Å²) >= 11 is 0. The van der Waals surface area contributed by atoms with E-state index in [1.807, 2.05) is 12.1 Å². The Morgan fingerprint density at radius 2 is 1.89 bits per heavy atom. The Balaban J connectivity index is 1.99. The second-order valence-corrected chi connectivity index (χ2v) is 5.04. The van der Waals surface area contributed by atoms with Crippen LogP contribution in [-0.2, 0) is 0 Å². The number of hydrogen-bond acceptors (Lipinski definition) is 3. The summed E-state index contributed by atoms with van der Waals surface area (Å²) in [6, 6.07) is 10.3. The number of nitrogen functional groups attached to an aromatic ring is 1. The number of aromatic nitrogens is 1. The van der Waals surface area contributed by atoms with Gasteiger partial charge in [0.1, 0.15) is 0 Å². The van der Waals surface area contributed by atoms with Crippen molar-refractivity contribution in [1.82, 2.24) is 5.16 Å². The molecule has 0 aliphatic heterocycles. The van der Waals surface area contributed by atoms with Crippen molar-refractivity contribution in [2.45, 2.75) is 38.0 Å². The fourth-order valence-electron chi connectivity index (χ4n) is 2.91. The van der Waals surface area contributed by atoms with Gasteiger partial charge in [0.15, 0.2) is 11.6 Å². The molecule has 3 nitrogen and oxygen atoms in total. The molecule has 0 amide bonds. The van der Waals surface area contributed by atoms with E-state index in [-0.39, 0.29) is 0 Å². The predicted molar refractivity (Wildman–Crippen MR) is 72.2 cm³/mol. The van der Waals surface area contributed by atoms with Crippen LogP contribution in [0.4, 0.5) is 5.82 Å². The molecule has 0 saturated heterocycles. The van der Waals surface area contributed by atoms with Crippen LogP contribution < -0.4 is 5.73 Å². The maximum absolute atomic E-state index is 5.64. The molecule has 0 atom stereocenters. The molecular weight excluding hydrogens is 224 g/mol. The summed E-state index contributed by atoms with van der Waals surface area (Å²) in [4.78, 5) is 0. The van der Waals surface area contributed by atoms with Crippen LogP contribution in [0.15, 0.2) is 34.9 Å². The van der Waals surface area contributed by atoms with Gasteiger partial charge in [-0.05, 0) is 24.3 Å². The van der Waals surface area contributed by atoms with Crippen molar-refractivity contribution in [2.24, 2.45) is 0 Å². The molecule has 2 N–H and O–H groups in total. The molecule has 1 aromatic carbocycles. The second kappa shape index (κ2) is 4.84. The zero-order valence-electron chi connectivity index (χ0n) is 10.4. The highest BCUT2D eigenvalue weighted by Crippen LogP contribution is 2.38. The summed E-state index contributed by atoms with van der Waals surface area (Å²) in [7, 11) is 0. The quantitative estimate of drug-likeness (QED) is 0.866. The van der Waals surface area contributed by atoms with Gasteiger partial charge in [0.05, 0.1) is 0 Å². The first-order valence-corrected chi connectivity index (χ1v) is 6.66. The first-order valence-electron chi connectivity index (χ1n) is 6.66. The van der Waals surface area contributed by atoms with Crippen LogP contribution in [0, 0.1) is 0 Å².